The van der Waals surface area contributed by atoms with Crippen molar-refractivity contribution in [3.05, 3.63) is 29.8 Å². The van der Waals surface area contributed by atoms with Gasteiger partial charge in [-0.25, -0.2) is 0 Å². The largest absolute Gasteiger partial charge is 0.497 e. The number of nitrogens with one attached hydrogen (secondary N) is 1. The summed E-state index contributed by atoms with van der Waals surface area (Å²) in [5.41, 5.74) is 6.18. The molecular weight excluding hydrogens is 292 g/mol. The number of ketones is 1. The standard InChI is InChI=1S/C15H22N2O3.ClH/c1-11(16)9-10-17-15(19)8-7-14(18)12-3-5-13(20-2)6-4-12;/h3-6,11H,7-10,16H2,1-2H3,(H,17,19);1H. The van der Waals surface area contributed by atoms with E-state index >= 15 is 0 Å². The molecule has 1 aromatic rings. The van der Waals surface area contributed by atoms with E-state index in [0.717, 1.165) is 6.42 Å². The van der Waals surface area contributed by atoms with E-state index in [0.29, 0.717) is 17.9 Å². The molecule has 0 aliphatic carbocycles. The maximum atomic E-state index is 11.9. The number of carbonyl (C=O) groups excluding carboxylic acids is 2. The second-order valence-electron chi connectivity index (χ2n) is 4.77. The molecule has 0 bridgehead atoms. The smallest absolute Gasteiger partial charge is 0.220 e. The van der Waals surface area contributed by atoms with Crippen molar-refractivity contribution in [2.45, 2.75) is 32.2 Å². The molecule has 0 aliphatic heterocycles. The molecule has 1 amide bonds. The van der Waals surface area contributed by atoms with Gasteiger partial charge in [0.1, 0.15) is 5.75 Å². The molecule has 1 atom stereocenters. The maximum absolute atomic E-state index is 11.9. The van der Waals surface area contributed by atoms with Crippen LogP contribution in [0, 0.1) is 0 Å². The predicted octanol–water partition coefficient (Wildman–Crippen LogP) is 1.93. The Morgan fingerprint density at radius 3 is 2.38 bits per heavy atom. The Labute approximate surface area is 131 Å². The van der Waals surface area contributed by atoms with Crippen LogP contribution in [0.15, 0.2) is 24.3 Å². The number of benzene rings is 1. The minimum absolute atomic E-state index is 0. The third kappa shape index (κ3) is 7.68. The van der Waals surface area contributed by atoms with E-state index in [1.807, 2.05) is 6.92 Å². The molecular formula is C15H23ClN2O3. The minimum atomic E-state index is -0.118. The lowest BCUT2D eigenvalue weighted by atomic mass is 10.1. The van der Waals surface area contributed by atoms with Gasteiger partial charge in [0, 0.05) is 31.0 Å². The normalized spacial score (nSPS) is 11.2. The van der Waals surface area contributed by atoms with Crippen molar-refractivity contribution >= 4 is 24.1 Å². The van der Waals surface area contributed by atoms with E-state index in [4.69, 9.17) is 10.5 Å². The molecule has 0 saturated carbocycles. The molecule has 0 aromatic heterocycles. The van der Waals surface area contributed by atoms with Gasteiger partial charge in [-0.05, 0) is 37.6 Å². The number of Topliss-reactive ketones (excluding diaryl/α,β-unsaturated/α-hetero) is 1. The molecule has 1 rings (SSSR count). The Hall–Kier alpha value is -1.59. The van der Waals surface area contributed by atoms with E-state index in [-0.39, 0.29) is 43.0 Å². The lowest BCUT2D eigenvalue weighted by Gasteiger charge is -2.07. The van der Waals surface area contributed by atoms with Gasteiger partial charge in [-0.15, -0.1) is 12.4 Å². The summed E-state index contributed by atoms with van der Waals surface area (Å²) in [5, 5.41) is 2.75. The van der Waals surface area contributed by atoms with Gasteiger partial charge in [-0.1, -0.05) is 0 Å². The highest BCUT2D eigenvalue weighted by Crippen LogP contribution is 2.13. The lowest BCUT2D eigenvalue weighted by Crippen LogP contribution is -2.29. The number of carbonyl (C=O) groups is 2. The number of hydrogen-bond acceptors (Lipinski definition) is 4. The molecule has 5 nitrogen and oxygen atoms in total. The predicted molar refractivity (Wildman–Crippen MR) is 85.1 cm³/mol. The second kappa shape index (κ2) is 10.2. The number of methoxy groups -OCH3 is 1. The quantitative estimate of drug-likeness (QED) is 0.718. The number of amides is 1. The van der Waals surface area contributed by atoms with E-state index in [1.165, 1.54) is 0 Å². The van der Waals surface area contributed by atoms with Crippen LogP contribution in [0.3, 0.4) is 0 Å². The molecule has 0 aliphatic rings. The first-order valence-corrected chi connectivity index (χ1v) is 6.72. The first-order chi connectivity index (χ1) is 9.52. The fourth-order valence-electron chi connectivity index (χ4n) is 1.68. The van der Waals surface area contributed by atoms with E-state index in [9.17, 15) is 9.59 Å². The van der Waals surface area contributed by atoms with Crippen molar-refractivity contribution in [3.63, 3.8) is 0 Å². The van der Waals surface area contributed by atoms with Crippen molar-refractivity contribution in [1.29, 1.82) is 0 Å². The fraction of sp³-hybridized carbons (Fsp3) is 0.467. The summed E-state index contributed by atoms with van der Waals surface area (Å²) in [6.45, 7) is 2.44. The topological polar surface area (TPSA) is 81.4 Å². The third-order valence-electron chi connectivity index (χ3n) is 2.91. The zero-order valence-corrected chi connectivity index (χ0v) is 13.2. The molecule has 3 N–H and O–H groups in total. The van der Waals surface area contributed by atoms with E-state index in [2.05, 4.69) is 5.32 Å². The minimum Gasteiger partial charge on any atom is -0.497 e. The van der Waals surface area contributed by atoms with E-state index < -0.39 is 0 Å². The van der Waals surface area contributed by atoms with Crippen molar-refractivity contribution in [1.82, 2.24) is 5.32 Å². The van der Waals surface area contributed by atoms with Crippen LogP contribution in [0.1, 0.15) is 36.5 Å². The van der Waals surface area contributed by atoms with E-state index in [1.54, 1.807) is 31.4 Å². The summed E-state index contributed by atoms with van der Waals surface area (Å²) >= 11 is 0. The third-order valence-corrected chi connectivity index (χ3v) is 2.91. The van der Waals surface area contributed by atoms with Crippen LogP contribution in [-0.2, 0) is 4.79 Å². The number of ether oxygens (including phenoxy) is 1. The highest BCUT2D eigenvalue weighted by Gasteiger charge is 2.09. The molecule has 0 fully saturated rings. The van der Waals surface area contributed by atoms with Crippen molar-refractivity contribution < 1.29 is 14.3 Å². The molecule has 0 radical (unpaired) electrons. The average molecular weight is 315 g/mol. The number of nitrogens with two attached hydrogens (primary N) is 1. The number of hydrogen-bond donors (Lipinski definition) is 2. The molecule has 1 unspecified atom stereocenters. The van der Waals surface area contributed by atoms with Gasteiger partial charge in [-0.3, -0.25) is 9.59 Å². The van der Waals surface area contributed by atoms with Crippen LogP contribution in [0.4, 0.5) is 0 Å². The summed E-state index contributed by atoms with van der Waals surface area (Å²) in [4.78, 5) is 23.4. The monoisotopic (exact) mass is 314 g/mol. The lowest BCUT2D eigenvalue weighted by molar-refractivity contribution is -0.121. The maximum Gasteiger partial charge on any atom is 0.220 e. The van der Waals surface area contributed by atoms with Crippen LogP contribution >= 0.6 is 12.4 Å². The summed E-state index contributed by atoms with van der Waals surface area (Å²) in [6, 6.07) is 6.94. The van der Waals surface area contributed by atoms with Crippen molar-refractivity contribution in [3.8, 4) is 5.75 Å². The SMILES string of the molecule is COc1ccc(C(=O)CCC(=O)NCCC(C)N)cc1.Cl. The Bertz CT molecular complexity index is 447. The van der Waals surface area contributed by atoms with Gasteiger partial charge >= 0.3 is 0 Å². The summed E-state index contributed by atoms with van der Waals surface area (Å²) in [5.74, 6) is 0.540. The van der Waals surface area contributed by atoms with Crippen LogP contribution in [0.25, 0.3) is 0 Å². The van der Waals surface area contributed by atoms with Gasteiger partial charge in [0.25, 0.3) is 0 Å². The Morgan fingerprint density at radius 1 is 1.24 bits per heavy atom. The van der Waals surface area contributed by atoms with Gasteiger partial charge in [-0.2, -0.15) is 0 Å². The molecule has 6 heteroatoms. The average Bonchev–Trinajstić information content (AvgIpc) is 2.44. The van der Waals surface area contributed by atoms with Gasteiger partial charge in [0.15, 0.2) is 5.78 Å². The van der Waals surface area contributed by atoms with Crippen LogP contribution in [0.2, 0.25) is 0 Å². The Morgan fingerprint density at radius 2 is 1.86 bits per heavy atom. The Kier molecular flexibility index (Phi) is 9.41. The van der Waals surface area contributed by atoms with Crippen LogP contribution in [0.5, 0.6) is 5.75 Å². The number of halogens is 1. The summed E-state index contributed by atoms with van der Waals surface area (Å²) < 4.78 is 5.03. The van der Waals surface area contributed by atoms with Gasteiger partial charge in [0.05, 0.1) is 7.11 Å². The highest BCUT2D eigenvalue weighted by molar-refractivity contribution is 5.98. The molecule has 118 valence electrons. The van der Waals surface area contributed by atoms with Crippen molar-refractivity contribution in [2.24, 2.45) is 5.73 Å². The molecule has 0 heterocycles. The molecule has 1 aromatic carbocycles. The zero-order chi connectivity index (χ0) is 15.0. The van der Waals surface area contributed by atoms with Crippen LogP contribution in [-0.4, -0.2) is 31.4 Å². The first-order valence-electron chi connectivity index (χ1n) is 6.72. The summed E-state index contributed by atoms with van der Waals surface area (Å²) in [7, 11) is 1.57. The van der Waals surface area contributed by atoms with Crippen LogP contribution < -0.4 is 15.8 Å². The summed E-state index contributed by atoms with van der Waals surface area (Å²) in [6.07, 6.45) is 1.14. The Balaban J connectivity index is 0.00000400. The van der Waals surface area contributed by atoms with Crippen molar-refractivity contribution in [2.75, 3.05) is 13.7 Å². The van der Waals surface area contributed by atoms with Gasteiger partial charge in [0.2, 0.25) is 5.91 Å². The second-order valence-corrected chi connectivity index (χ2v) is 4.77. The molecule has 0 saturated heterocycles. The zero-order valence-electron chi connectivity index (χ0n) is 12.4. The molecule has 21 heavy (non-hydrogen) atoms. The first kappa shape index (κ1) is 19.4. The molecule has 0 spiro atoms. The highest BCUT2D eigenvalue weighted by atomic mass is 35.5. The number of rotatable bonds is 8. The fourth-order valence-corrected chi connectivity index (χ4v) is 1.68. The van der Waals surface area contributed by atoms with Gasteiger partial charge < -0.3 is 15.8 Å².